The lowest BCUT2D eigenvalue weighted by Gasteiger charge is -2.13. The Morgan fingerprint density at radius 3 is 2.11 bits per heavy atom. The van der Waals surface area contributed by atoms with Crippen LogP contribution in [0.25, 0.3) is 0 Å². The van der Waals surface area contributed by atoms with Gasteiger partial charge in [0.2, 0.25) is 0 Å². The molecule has 0 aliphatic carbocycles. The first kappa shape index (κ1) is 25.2. The highest BCUT2D eigenvalue weighted by atomic mass is 35.5. The first-order valence-corrected chi connectivity index (χ1v) is 11.8. The molecule has 0 bridgehead atoms. The molecule has 36 heavy (non-hydrogen) atoms. The molecule has 0 aliphatic rings. The summed E-state index contributed by atoms with van der Waals surface area (Å²) in [6.45, 7) is 2.09. The molecule has 0 atom stereocenters. The number of aryl methyl sites for hydroxylation is 1. The zero-order chi connectivity index (χ0) is 25.8. The Kier molecular flexibility index (Phi) is 7.58. The van der Waals surface area contributed by atoms with Gasteiger partial charge in [0.15, 0.2) is 5.78 Å². The van der Waals surface area contributed by atoms with Crippen LogP contribution in [0.1, 0.15) is 43.0 Å². The molecule has 0 spiro atoms. The van der Waals surface area contributed by atoms with Gasteiger partial charge in [-0.25, -0.2) is 0 Å². The van der Waals surface area contributed by atoms with Crippen molar-refractivity contribution in [3.63, 3.8) is 0 Å². The van der Waals surface area contributed by atoms with E-state index in [-0.39, 0.29) is 35.5 Å². The van der Waals surface area contributed by atoms with Crippen LogP contribution in [0.4, 0.5) is 0 Å². The molecule has 6 nitrogen and oxygen atoms in total. The Morgan fingerprint density at radius 2 is 1.47 bits per heavy atom. The Balaban J connectivity index is 1.73. The van der Waals surface area contributed by atoms with E-state index >= 15 is 0 Å². The van der Waals surface area contributed by atoms with E-state index in [1.807, 2.05) is 0 Å². The van der Waals surface area contributed by atoms with E-state index in [2.05, 4.69) is 5.32 Å². The van der Waals surface area contributed by atoms with Crippen LogP contribution >= 0.6 is 23.2 Å². The maximum atomic E-state index is 13.3. The van der Waals surface area contributed by atoms with Gasteiger partial charge >= 0.3 is 0 Å². The molecule has 0 unspecified atom stereocenters. The molecule has 4 aromatic rings. The Morgan fingerprint density at radius 1 is 0.861 bits per heavy atom. The molecule has 0 radical (unpaired) electrons. The van der Waals surface area contributed by atoms with E-state index in [1.54, 1.807) is 67.6 Å². The smallest absolute Gasteiger partial charge is 0.263 e. The molecule has 3 aromatic carbocycles. The quantitative estimate of drug-likeness (QED) is 0.320. The van der Waals surface area contributed by atoms with Crippen molar-refractivity contribution in [3.8, 4) is 5.75 Å². The molecule has 0 fully saturated rings. The van der Waals surface area contributed by atoms with Gasteiger partial charge in [-0.05, 0) is 60.5 Å². The van der Waals surface area contributed by atoms with Crippen molar-refractivity contribution < 1.29 is 14.7 Å². The van der Waals surface area contributed by atoms with Gasteiger partial charge < -0.3 is 15.0 Å². The minimum Gasteiger partial charge on any atom is -0.507 e. The molecule has 0 saturated heterocycles. The second kappa shape index (κ2) is 10.8. The standard InChI is InChI=1S/C28H22Cl2N2O4/c1-17-2-11-25(33)23(12-17)26(34)20-13-24(27(35)31-14-18-3-7-21(29)8-4-18)28(36)32(16-20)15-19-5-9-22(30)10-6-19/h2-13,16,33H,14-15H2,1H3,(H,31,35). The third-order valence-electron chi connectivity index (χ3n) is 5.62. The van der Waals surface area contributed by atoms with E-state index in [9.17, 15) is 19.5 Å². The molecule has 0 saturated carbocycles. The molecular weight excluding hydrogens is 499 g/mol. The molecule has 8 heteroatoms. The van der Waals surface area contributed by atoms with Gasteiger partial charge in [-0.15, -0.1) is 0 Å². The summed E-state index contributed by atoms with van der Waals surface area (Å²) in [5, 5.41) is 14.1. The highest BCUT2D eigenvalue weighted by Crippen LogP contribution is 2.22. The number of rotatable bonds is 7. The Labute approximate surface area is 217 Å². The lowest BCUT2D eigenvalue weighted by Crippen LogP contribution is -2.33. The fraction of sp³-hybridized carbons (Fsp3) is 0.107. The van der Waals surface area contributed by atoms with E-state index < -0.39 is 17.2 Å². The predicted octanol–water partition coefficient (Wildman–Crippen LogP) is 5.38. The molecule has 2 N–H and O–H groups in total. The summed E-state index contributed by atoms with van der Waals surface area (Å²) in [6.07, 6.45) is 1.40. The minimum absolute atomic E-state index is 0.0826. The SMILES string of the molecule is Cc1ccc(O)c(C(=O)c2cc(C(=O)NCc3ccc(Cl)cc3)c(=O)n(Cc3ccc(Cl)cc3)c2)c1. The number of carbonyl (C=O) groups excluding carboxylic acids is 2. The number of pyridine rings is 1. The number of aromatic nitrogens is 1. The number of hydrogen-bond acceptors (Lipinski definition) is 4. The Bertz CT molecular complexity index is 1490. The van der Waals surface area contributed by atoms with Crippen LogP contribution < -0.4 is 10.9 Å². The van der Waals surface area contributed by atoms with Crippen LogP contribution in [-0.4, -0.2) is 21.4 Å². The molecule has 1 heterocycles. The van der Waals surface area contributed by atoms with E-state index in [4.69, 9.17) is 23.2 Å². The van der Waals surface area contributed by atoms with Crippen molar-refractivity contribution in [1.29, 1.82) is 0 Å². The van der Waals surface area contributed by atoms with Crippen LogP contribution in [0.3, 0.4) is 0 Å². The van der Waals surface area contributed by atoms with Gasteiger partial charge in [0.05, 0.1) is 12.1 Å². The summed E-state index contributed by atoms with van der Waals surface area (Å²) in [6, 6.07) is 19.8. The average Bonchev–Trinajstić information content (AvgIpc) is 2.87. The second-order valence-electron chi connectivity index (χ2n) is 8.36. The van der Waals surface area contributed by atoms with Crippen LogP contribution in [-0.2, 0) is 13.1 Å². The monoisotopic (exact) mass is 520 g/mol. The zero-order valence-electron chi connectivity index (χ0n) is 19.3. The number of halogens is 2. The molecule has 182 valence electrons. The van der Waals surface area contributed by atoms with E-state index in [1.165, 1.54) is 22.9 Å². The number of aromatic hydroxyl groups is 1. The predicted molar refractivity (Wildman–Crippen MR) is 140 cm³/mol. The average molecular weight is 521 g/mol. The molecule has 0 aliphatic heterocycles. The highest BCUT2D eigenvalue weighted by molar-refractivity contribution is 6.30. The summed E-state index contributed by atoms with van der Waals surface area (Å²) >= 11 is 11.9. The van der Waals surface area contributed by atoms with Gasteiger partial charge in [0.1, 0.15) is 11.3 Å². The lowest BCUT2D eigenvalue weighted by molar-refractivity contribution is 0.0948. The Hall–Kier alpha value is -3.87. The number of hydrogen-bond donors (Lipinski definition) is 2. The van der Waals surface area contributed by atoms with Crippen molar-refractivity contribution >= 4 is 34.9 Å². The maximum Gasteiger partial charge on any atom is 0.263 e. The first-order chi connectivity index (χ1) is 17.2. The first-order valence-electron chi connectivity index (χ1n) is 11.1. The number of nitrogens with one attached hydrogen (secondary N) is 1. The number of phenols is 1. The summed E-state index contributed by atoms with van der Waals surface area (Å²) < 4.78 is 1.31. The summed E-state index contributed by atoms with van der Waals surface area (Å²) in [5.41, 5.74) is 1.79. The fourth-order valence-electron chi connectivity index (χ4n) is 3.69. The second-order valence-corrected chi connectivity index (χ2v) is 9.23. The summed E-state index contributed by atoms with van der Waals surface area (Å²) in [7, 11) is 0. The van der Waals surface area contributed by atoms with Crippen molar-refractivity contribution in [2.75, 3.05) is 0 Å². The van der Waals surface area contributed by atoms with E-state index in [0.29, 0.717) is 10.0 Å². The molecule has 1 aromatic heterocycles. The third kappa shape index (κ3) is 5.85. The zero-order valence-corrected chi connectivity index (χ0v) is 20.8. The fourth-order valence-corrected chi connectivity index (χ4v) is 3.95. The van der Waals surface area contributed by atoms with Crippen molar-refractivity contribution in [3.05, 3.63) is 133 Å². The number of nitrogens with zero attached hydrogens (tertiary/aromatic N) is 1. The van der Waals surface area contributed by atoms with Gasteiger partial charge in [0, 0.05) is 28.4 Å². The lowest BCUT2D eigenvalue weighted by atomic mass is 10.0. The summed E-state index contributed by atoms with van der Waals surface area (Å²) in [4.78, 5) is 39.7. The molecular formula is C28H22Cl2N2O4. The minimum atomic E-state index is -0.622. The van der Waals surface area contributed by atoms with Crippen molar-refractivity contribution in [2.24, 2.45) is 0 Å². The number of benzene rings is 3. The number of phenolic OH excluding ortho intramolecular Hbond substituents is 1. The van der Waals surface area contributed by atoms with E-state index in [0.717, 1.165) is 16.7 Å². The van der Waals surface area contributed by atoms with Crippen LogP contribution in [0.2, 0.25) is 10.0 Å². The van der Waals surface area contributed by atoms with Gasteiger partial charge in [-0.3, -0.25) is 14.4 Å². The maximum absolute atomic E-state index is 13.3. The number of amides is 1. The normalized spacial score (nSPS) is 10.8. The van der Waals surface area contributed by atoms with Gasteiger partial charge in [-0.2, -0.15) is 0 Å². The summed E-state index contributed by atoms with van der Waals surface area (Å²) in [5.74, 6) is -1.31. The van der Waals surface area contributed by atoms with Crippen molar-refractivity contribution in [1.82, 2.24) is 9.88 Å². The third-order valence-corrected chi connectivity index (χ3v) is 6.13. The molecule has 4 rings (SSSR count). The van der Waals surface area contributed by atoms with Gasteiger partial charge in [0.25, 0.3) is 11.5 Å². The largest absolute Gasteiger partial charge is 0.507 e. The van der Waals surface area contributed by atoms with Crippen molar-refractivity contribution in [2.45, 2.75) is 20.0 Å². The highest BCUT2D eigenvalue weighted by Gasteiger charge is 2.20. The van der Waals surface area contributed by atoms with Crippen LogP contribution in [0.15, 0.2) is 83.8 Å². The van der Waals surface area contributed by atoms with Crippen LogP contribution in [0.5, 0.6) is 5.75 Å². The number of ketones is 1. The van der Waals surface area contributed by atoms with Gasteiger partial charge in [-0.1, -0.05) is 59.1 Å². The number of carbonyl (C=O) groups is 2. The van der Waals surface area contributed by atoms with Crippen LogP contribution in [0, 0.1) is 6.92 Å². The molecule has 1 amide bonds. The topological polar surface area (TPSA) is 88.4 Å².